The summed E-state index contributed by atoms with van der Waals surface area (Å²) in [6.07, 6.45) is 2.55. The number of aromatic nitrogens is 1. The molecular weight excluding hydrogens is 238 g/mol. The summed E-state index contributed by atoms with van der Waals surface area (Å²) in [6.45, 7) is 6.27. The van der Waals surface area contributed by atoms with Gasteiger partial charge in [-0.15, -0.1) is 0 Å². The third-order valence-corrected chi connectivity index (χ3v) is 3.38. The summed E-state index contributed by atoms with van der Waals surface area (Å²) in [7, 11) is 0. The van der Waals surface area contributed by atoms with Crippen molar-refractivity contribution in [1.29, 1.82) is 0 Å². The summed E-state index contributed by atoms with van der Waals surface area (Å²) < 4.78 is 2.00. The van der Waals surface area contributed by atoms with Gasteiger partial charge in [0.25, 0.3) is 0 Å². The Morgan fingerprint density at radius 1 is 1.26 bits per heavy atom. The van der Waals surface area contributed by atoms with E-state index in [0.717, 1.165) is 11.4 Å². The molecule has 2 rings (SSSR count). The summed E-state index contributed by atoms with van der Waals surface area (Å²) >= 11 is 0. The van der Waals surface area contributed by atoms with Crippen molar-refractivity contribution < 1.29 is 9.90 Å². The number of hydrogen-bond donors (Lipinski definition) is 1. The van der Waals surface area contributed by atoms with Crippen LogP contribution in [0.4, 0.5) is 0 Å². The van der Waals surface area contributed by atoms with Gasteiger partial charge in [0.1, 0.15) is 0 Å². The fraction of sp³-hybridized carbons (Fsp3) is 0.312. The Bertz CT molecular complexity index is 597. The van der Waals surface area contributed by atoms with Crippen molar-refractivity contribution in [3.63, 3.8) is 0 Å². The molecule has 0 radical (unpaired) electrons. The van der Waals surface area contributed by atoms with Crippen LogP contribution in [0, 0.1) is 0 Å². The van der Waals surface area contributed by atoms with Crippen molar-refractivity contribution in [3.05, 3.63) is 53.3 Å². The highest BCUT2D eigenvalue weighted by Crippen LogP contribution is 2.26. The van der Waals surface area contributed by atoms with E-state index in [9.17, 15) is 9.90 Å². The molecule has 19 heavy (non-hydrogen) atoms. The Hall–Kier alpha value is -2.03. The average Bonchev–Trinajstić information content (AvgIpc) is 2.82. The molecule has 3 heteroatoms. The molecule has 0 saturated heterocycles. The molecule has 1 heterocycles. The molecule has 1 N–H and O–H groups in total. The number of rotatable bonds is 4. The van der Waals surface area contributed by atoms with Gasteiger partial charge in [-0.1, -0.05) is 39.0 Å². The van der Waals surface area contributed by atoms with Crippen molar-refractivity contribution in [3.8, 4) is 5.69 Å². The van der Waals surface area contributed by atoms with Gasteiger partial charge >= 0.3 is 5.97 Å². The number of aromatic carboxylic acids is 1. The Kier molecular flexibility index (Phi) is 3.74. The summed E-state index contributed by atoms with van der Waals surface area (Å²) in [5.41, 5.74) is 3.54. The van der Waals surface area contributed by atoms with Crippen LogP contribution in [0.1, 0.15) is 48.3 Å². The summed E-state index contributed by atoms with van der Waals surface area (Å²) in [5.74, 6) is -0.464. The Labute approximate surface area is 113 Å². The van der Waals surface area contributed by atoms with E-state index in [-0.39, 0.29) is 0 Å². The van der Waals surface area contributed by atoms with E-state index in [4.69, 9.17) is 0 Å². The number of benzene rings is 1. The molecule has 0 aliphatic carbocycles. The van der Waals surface area contributed by atoms with Gasteiger partial charge in [-0.2, -0.15) is 0 Å². The van der Waals surface area contributed by atoms with Gasteiger partial charge in [-0.25, -0.2) is 4.79 Å². The largest absolute Gasteiger partial charge is 0.478 e. The number of para-hydroxylation sites is 1. The van der Waals surface area contributed by atoms with E-state index in [1.807, 2.05) is 35.9 Å². The molecule has 0 bridgehead atoms. The quantitative estimate of drug-likeness (QED) is 0.903. The smallest absolute Gasteiger partial charge is 0.337 e. The molecule has 100 valence electrons. The minimum absolute atomic E-state index is 0.390. The number of carbonyl (C=O) groups is 1. The molecular formula is C16H19NO2. The second-order valence-electron chi connectivity index (χ2n) is 4.92. The van der Waals surface area contributed by atoms with E-state index < -0.39 is 5.97 Å². The van der Waals surface area contributed by atoms with Crippen molar-refractivity contribution in [2.75, 3.05) is 0 Å². The van der Waals surface area contributed by atoms with Gasteiger partial charge in [0.05, 0.1) is 5.56 Å². The second-order valence-corrected chi connectivity index (χ2v) is 4.92. The minimum Gasteiger partial charge on any atom is -0.478 e. The lowest BCUT2D eigenvalue weighted by Crippen LogP contribution is -2.07. The van der Waals surface area contributed by atoms with Gasteiger partial charge in [0.15, 0.2) is 0 Å². The topological polar surface area (TPSA) is 42.2 Å². The van der Waals surface area contributed by atoms with Crippen molar-refractivity contribution in [1.82, 2.24) is 4.57 Å². The van der Waals surface area contributed by atoms with Gasteiger partial charge in [-0.05, 0) is 30.0 Å². The molecule has 0 unspecified atom stereocenters. The first-order valence-electron chi connectivity index (χ1n) is 6.59. The molecule has 0 spiro atoms. The number of carboxylic acid groups (broad SMARTS) is 1. The van der Waals surface area contributed by atoms with E-state index in [0.29, 0.717) is 17.9 Å². The summed E-state index contributed by atoms with van der Waals surface area (Å²) in [6, 6.07) is 9.82. The molecule has 0 aliphatic rings. The lowest BCUT2D eigenvalue weighted by atomic mass is 10.0. The van der Waals surface area contributed by atoms with Crippen LogP contribution >= 0.6 is 0 Å². The average molecular weight is 257 g/mol. The molecule has 2 aromatic rings. The molecule has 0 fully saturated rings. The molecule has 3 nitrogen and oxygen atoms in total. The third kappa shape index (κ3) is 2.41. The van der Waals surface area contributed by atoms with E-state index in [2.05, 4.69) is 19.9 Å². The van der Waals surface area contributed by atoms with E-state index in [1.54, 1.807) is 6.07 Å². The lowest BCUT2D eigenvalue weighted by molar-refractivity contribution is 0.0696. The summed E-state index contributed by atoms with van der Waals surface area (Å²) in [5, 5.41) is 9.22. The van der Waals surface area contributed by atoms with Crippen molar-refractivity contribution in [2.24, 2.45) is 0 Å². The number of carboxylic acids is 1. The first kappa shape index (κ1) is 13.4. The van der Waals surface area contributed by atoms with Gasteiger partial charge in [-0.3, -0.25) is 0 Å². The predicted molar refractivity (Wildman–Crippen MR) is 76.2 cm³/mol. The van der Waals surface area contributed by atoms with Crippen LogP contribution in [0.15, 0.2) is 36.5 Å². The Balaban J connectivity index is 2.63. The first-order chi connectivity index (χ1) is 9.06. The molecule has 0 amide bonds. The van der Waals surface area contributed by atoms with Crippen LogP contribution in [0.2, 0.25) is 0 Å². The maximum absolute atomic E-state index is 11.2. The first-order valence-corrected chi connectivity index (χ1v) is 6.59. The van der Waals surface area contributed by atoms with E-state index in [1.165, 1.54) is 5.56 Å². The monoisotopic (exact) mass is 257 g/mol. The maximum atomic E-state index is 11.2. The molecule has 1 aromatic carbocycles. The number of nitrogens with zero attached hydrogens (tertiary/aromatic N) is 1. The third-order valence-electron chi connectivity index (χ3n) is 3.38. The van der Waals surface area contributed by atoms with Gasteiger partial charge < -0.3 is 9.67 Å². The van der Waals surface area contributed by atoms with Crippen LogP contribution in [0.25, 0.3) is 5.69 Å². The zero-order chi connectivity index (χ0) is 14.0. The van der Waals surface area contributed by atoms with E-state index >= 15 is 0 Å². The highest BCUT2D eigenvalue weighted by atomic mass is 16.4. The highest BCUT2D eigenvalue weighted by Gasteiger charge is 2.16. The maximum Gasteiger partial charge on any atom is 0.337 e. The fourth-order valence-corrected chi connectivity index (χ4v) is 2.44. The van der Waals surface area contributed by atoms with Crippen LogP contribution in [0.5, 0.6) is 0 Å². The second kappa shape index (κ2) is 5.31. The van der Waals surface area contributed by atoms with Crippen LogP contribution in [-0.2, 0) is 6.42 Å². The van der Waals surface area contributed by atoms with Crippen molar-refractivity contribution >= 4 is 5.97 Å². The zero-order valence-corrected chi connectivity index (χ0v) is 11.6. The zero-order valence-electron chi connectivity index (χ0n) is 11.6. The lowest BCUT2D eigenvalue weighted by Gasteiger charge is -2.16. The van der Waals surface area contributed by atoms with Gasteiger partial charge in [0.2, 0.25) is 0 Å². The Morgan fingerprint density at radius 2 is 1.95 bits per heavy atom. The van der Waals surface area contributed by atoms with Crippen molar-refractivity contribution in [2.45, 2.75) is 33.1 Å². The highest BCUT2D eigenvalue weighted by molar-refractivity contribution is 5.89. The molecule has 1 aromatic heterocycles. The predicted octanol–water partition coefficient (Wildman–Crippen LogP) is 3.86. The SMILES string of the molecule is CCc1c(C(=O)O)ccn1-c1ccccc1C(C)C. The van der Waals surface area contributed by atoms with Crippen LogP contribution < -0.4 is 0 Å². The number of hydrogen-bond acceptors (Lipinski definition) is 1. The molecule has 0 saturated carbocycles. The normalized spacial score (nSPS) is 10.9. The molecule has 0 atom stereocenters. The summed E-state index contributed by atoms with van der Waals surface area (Å²) in [4.78, 5) is 11.2. The molecule has 0 aliphatic heterocycles. The standard InChI is InChI=1S/C16H19NO2/c1-4-14-13(16(18)19)9-10-17(14)15-8-6-5-7-12(15)11(2)3/h5-11H,4H2,1-3H3,(H,18,19). The van der Waals surface area contributed by atoms with Crippen LogP contribution in [0.3, 0.4) is 0 Å². The van der Waals surface area contributed by atoms with Crippen LogP contribution in [-0.4, -0.2) is 15.6 Å². The fourth-order valence-electron chi connectivity index (χ4n) is 2.44. The Morgan fingerprint density at radius 3 is 2.53 bits per heavy atom. The minimum atomic E-state index is -0.863. The van der Waals surface area contributed by atoms with Gasteiger partial charge in [0, 0.05) is 17.6 Å².